The number of anilines is 1. The second kappa shape index (κ2) is 8.61. The molecule has 0 saturated heterocycles. The standard InChI is InChI=1S/C20H29N3O4S/c1-15(24)23-13-11-16-14-18(8-9-19(16)23)28(26,27)21-12-10-20(25)22(2)17-6-4-3-5-7-17/h8-9,14,17,21H,3-7,10-13H2,1-2H3. The second-order valence-electron chi connectivity index (χ2n) is 7.66. The van der Waals surface area contributed by atoms with Gasteiger partial charge < -0.3 is 9.80 Å². The van der Waals surface area contributed by atoms with Crippen LogP contribution >= 0.6 is 0 Å². The minimum absolute atomic E-state index is 0.0272. The van der Waals surface area contributed by atoms with Gasteiger partial charge in [0.15, 0.2) is 0 Å². The predicted octanol–water partition coefficient (Wildman–Crippen LogP) is 2.06. The van der Waals surface area contributed by atoms with Gasteiger partial charge in [0.05, 0.1) is 4.90 Å². The summed E-state index contributed by atoms with van der Waals surface area (Å²) < 4.78 is 27.7. The van der Waals surface area contributed by atoms with Gasteiger partial charge in [0.1, 0.15) is 0 Å². The Morgan fingerprint density at radius 3 is 2.61 bits per heavy atom. The average Bonchev–Trinajstić information content (AvgIpc) is 3.11. The van der Waals surface area contributed by atoms with Gasteiger partial charge in [-0.1, -0.05) is 19.3 Å². The number of hydrogen-bond acceptors (Lipinski definition) is 4. The quantitative estimate of drug-likeness (QED) is 0.782. The molecule has 0 aromatic heterocycles. The van der Waals surface area contributed by atoms with Crippen molar-refractivity contribution in [2.75, 3.05) is 25.0 Å². The monoisotopic (exact) mass is 407 g/mol. The highest BCUT2D eigenvalue weighted by Crippen LogP contribution is 2.30. The highest BCUT2D eigenvalue weighted by molar-refractivity contribution is 7.89. The van der Waals surface area contributed by atoms with E-state index < -0.39 is 10.0 Å². The maximum Gasteiger partial charge on any atom is 0.240 e. The number of benzene rings is 1. The molecule has 8 heteroatoms. The number of carbonyl (C=O) groups is 2. The van der Waals surface area contributed by atoms with E-state index in [4.69, 9.17) is 0 Å². The van der Waals surface area contributed by atoms with Crippen LogP contribution in [-0.4, -0.2) is 51.3 Å². The summed E-state index contributed by atoms with van der Waals surface area (Å²) in [6, 6.07) is 5.09. The molecular weight excluding hydrogens is 378 g/mol. The van der Waals surface area contributed by atoms with E-state index in [0.717, 1.165) is 36.9 Å². The normalized spacial score (nSPS) is 17.4. The Bertz CT molecular complexity index is 847. The molecule has 0 atom stereocenters. The minimum Gasteiger partial charge on any atom is -0.343 e. The van der Waals surface area contributed by atoms with Crippen LogP contribution in [0.25, 0.3) is 0 Å². The van der Waals surface area contributed by atoms with E-state index in [1.54, 1.807) is 21.9 Å². The summed E-state index contributed by atoms with van der Waals surface area (Å²) in [6.45, 7) is 2.15. The van der Waals surface area contributed by atoms with Gasteiger partial charge in [0, 0.05) is 45.2 Å². The molecule has 1 aromatic rings. The van der Waals surface area contributed by atoms with Gasteiger partial charge in [0.2, 0.25) is 21.8 Å². The third-order valence-corrected chi connectivity index (χ3v) is 7.24. The van der Waals surface area contributed by atoms with Crippen molar-refractivity contribution in [1.29, 1.82) is 0 Å². The van der Waals surface area contributed by atoms with E-state index in [1.165, 1.54) is 19.4 Å². The highest BCUT2D eigenvalue weighted by Gasteiger charge is 2.25. The zero-order valence-corrected chi connectivity index (χ0v) is 17.4. The van der Waals surface area contributed by atoms with E-state index in [1.807, 2.05) is 7.05 Å². The van der Waals surface area contributed by atoms with Gasteiger partial charge in [-0.3, -0.25) is 9.59 Å². The van der Waals surface area contributed by atoms with Crippen LogP contribution in [0.4, 0.5) is 5.69 Å². The fourth-order valence-electron chi connectivity index (χ4n) is 4.10. The molecule has 1 heterocycles. The van der Waals surface area contributed by atoms with Gasteiger partial charge in [-0.2, -0.15) is 0 Å². The third-order valence-electron chi connectivity index (χ3n) is 5.78. The molecule has 1 aliphatic carbocycles. The van der Waals surface area contributed by atoms with Gasteiger partial charge in [0.25, 0.3) is 0 Å². The van der Waals surface area contributed by atoms with Crippen LogP contribution < -0.4 is 9.62 Å². The predicted molar refractivity (Wildman–Crippen MR) is 108 cm³/mol. The van der Waals surface area contributed by atoms with Crippen LogP contribution in [0.2, 0.25) is 0 Å². The van der Waals surface area contributed by atoms with E-state index in [9.17, 15) is 18.0 Å². The molecule has 2 amide bonds. The highest BCUT2D eigenvalue weighted by atomic mass is 32.2. The Kier molecular flexibility index (Phi) is 6.40. The first-order valence-electron chi connectivity index (χ1n) is 9.96. The Labute approximate surface area is 167 Å². The number of hydrogen-bond donors (Lipinski definition) is 1. The van der Waals surface area contributed by atoms with Crippen molar-refractivity contribution in [2.24, 2.45) is 0 Å². The summed E-state index contributed by atoms with van der Waals surface area (Å²) in [5.74, 6) is -0.0752. The molecule has 0 radical (unpaired) electrons. The Balaban J connectivity index is 1.57. The number of fused-ring (bicyclic) bond motifs is 1. The van der Waals surface area contributed by atoms with Gasteiger partial charge in [-0.05, 0) is 43.0 Å². The summed E-state index contributed by atoms with van der Waals surface area (Å²) in [5.41, 5.74) is 1.63. The van der Waals surface area contributed by atoms with Crippen LogP contribution in [0.3, 0.4) is 0 Å². The fourth-order valence-corrected chi connectivity index (χ4v) is 5.18. The lowest BCUT2D eigenvalue weighted by Crippen LogP contribution is -2.39. The zero-order valence-electron chi connectivity index (χ0n) is 16.6. The van der Waals surface area contributed by atoms with E-state index in [0.29, 0.717) is 13.0 Å². The lowest BCUT2D eigenvalue weighted by molar-refractivity contribution is -0.132. The van der Waals surface area contributed by atoms with Gasteiger partial charge >= 0.3 is 0 Å². The molecule has 1 fully saturated rings. The first kappa shape index (κ1) is 20.8. The first-order valence-corrected chi connectivity index (χ1v) is 11.4. The number of amides is 2. The van der Waals surface area contributed by atoms with Crippen LogP contribution in [0, 0.1) is 0 Å². The van der Waals surface area contributed by atoms with Crippen molar-refractivity contribution in [2.45, 2.75) is 62.8 Å². The molecule has 0 spiro atoms. The number of sulfonamides is 1. The molecule has 1 N–H and O–H groups in total. The Hall–Kier alpha value is -1.93. The van der Waals surface area contributed by atoms with E-state index in [-0.39, 0.29) is 35.7 Å². The van der Waals surface area contributed by atoms with Crippen molar-refractivity contribution in [1.82, 2.24) is 9.62 Å². The molecule has 0 bridgehead atoms. The molecule has 1 aliphatic heterocycles. The number of carbonyl (C=O) groups excluding carboxylic acids is 2. The molecular formula is C20H29N3O4S. The molecule has 154 valence electrons. The topological polar surface area (TPSA) is 86.8 Å². The number of nitrogens with zero attached hydrogens (tertiary/aromatic N) is 2. The van der Waals surface area contributed by atoms with Gasteiger partial charge in [-0.25, -0.2) is 13.1 Å². The Morgan fingerprint density at radius 1 is 1.21 bits per heavy atom. The van der Waals surface area contributed by atoms with Crippen LogP contribution in [0.15, 0.2) is 23.1 Å². The molecule has 2 aliphatic rings. The summed E-state index contributed by atoms with van der Waals surface area (Å²) in [7, 11) is -1.88. The summed E-state index contributed by atoms with van der Waals surface area (Å²) in [4.78, 5) is 27.6. The van der Waals surface area contributed by atoms with Crippen LogP contribution in [0.1, 0.15) is 51.0 Å². The minimum atomic E-state index is -3.69. The van der Waals surface area contributed by atoms with Crippen molar-refractivity contribution in [3.8, 4) is 0 Å². The largest absolute Gasteiger partial charge is 0.343 e. The van der Waals surface area contributed by atoms with E-state index >= 15 is 0 Å². The summed E-state index contributed by atoms with van der Waals surface area (Å²) in [6.07, 6.45) is 6.37. The van der Waals surface area contributed by atoms with Crippen molar-refractivity contribution >= 4 is 27.5 Å². The van der Waals surface area contributed by atoms with Crippen LogP contribution in [0.5, 0.6) is 0 Å². The molecule has 0 unspecified atom stereocenters. The molecule has 3 rings (SSSR count). The van der Waals surface area contributed by atoms with Crippen molar-refractivity contribution in [3.05, 3.63) is 23.8 Å². The van der Waals surface area contributed by atoms with Crippen molar-refractivity contribution in [3.63, 3.8) is 0 Å². The summed E-state index contributed by atoms with van der Waals surface area (Å²) in [5, 5.41) is 0. The van der Waals surface area contributed by atoms with E-state index in [2.05, 4.69) is 4.72 Å². The SMILES string of the molecule is CC(=O)N1CCc2cc(S(=O)(=O)NCCC(=O)N(C)C3CCCCC3)ccc21. The zero-order chi connectivity index (χ0) is 20.3. The first-order chi connectivity index (χ1) is 13.3. The fraction of sp³-hybridized carbons (Fsp3) is 0.600. The lowest BCUT2D eigenvalue weighted by atomic mass is 9.94. The van der Waals surface area contributed by atoms with Crippen molar-refractivity contribution < 1.29 is 18.0 Å². The van der Waals surface area contributed by atoms with Crippen LogP contribution in [-0.2, 0) is 26.0 Å². The lowest BCUT2D eigenvalue weighted by Gasteiger charge is -2.31. The number of nitrogens with one attached hydrogen (secondary N) is 1. The molecule has 28 heavy (non-hydrogen) atoms. The Morgan fingerprint density at radius 2 is 1.93 bits per heavy atom. The smallest absolute Gasteiger partial charge is 0.240 e. The molecule has 1 saturated carbocycles. The average molecular weight is 408 g/mol. The maximum atomic E-state index is 12.6. The third kappa shape index (κ3) is 4.55. The maximum absolute atomic E-state index is 12.6. The second-order valence-corrected chi connectivity index (χ2v) is 9.42. The van der Waals surface area contributed by atoms with Gasteiger partial charge in [-0.15, -0.1) is 0 Å². The molecule has 7 nitrogen and oxygen atoms in total. The summed E-state index contributed by atoms with van der Waals surface area (Å²) >= 11 is 0. The number of rotatable bonds is 6. The molecule has 1 aromatic carbocycles.